The zero-order chi connectivity index (χ0) is 16.9. The van der Waals surface area contributed by atoms with E-state index in [1.54, 1.807) is 17.0 Å². The van der Waals surface area contributed by atoms with Crippen LogP contribution in [0.5, 0.6) is 5.75 Å². The minimum Gasteiger partial charge on any atom is -0.478 e. The number of carbonyl (C=O) groups is 2. The molecule has 2 aromatic carbocycles. The fraction of sp³-hybridized carbons (Fsp3) is 0.222. The second-order valence-corrected chi connectivity index (χ2v) is 6.21. The number of hydrogen-bond acceptors (Lipinski definition) is 3. The maximum atomic E-state index is 12.7. The van der Waals surface area contributed by atoms with Crippen molar-refractivity contribution in [3.05, 3.63) is 59.7 Å². The maximum absolute atomic E-state index is 12.7. The summed E-state index contributed by atoms with van der Waals surface area (Å²) >= 11 is 0. The van der Waals surface area contributed by atoms with Crippen molar-refractivity contribution in [2.45, 2.75) is 25.1 Å². The largest absolute Gasteiger partial charge is 0.478 e. The third kappa shape index (κ3) is 2.11. The van der Waals surface area contributed by atoms with Crippen LogP contribution < -0.4 is 15.0 Å². The number of carbonyl (C=O) groups excluding carboxylic acids is 1. The average Bonchev–Trinajstić information content (AvgIpc) is 2.54. The third-order valence-corrected chi connectivity index (χ3v) is 4.53. The van der Waals surface area contributed by atoms with Gasteiger partial charge in [-0.3, -0.25) is 4.90 Å². The van der Waals surface area contributed by atoms with E-state index in [1.165, 1.54) is 6.07 Å². The highest BCUT2D eigenvalue weighted by molar-refractivity contribution is 5.95. The number of aromatic carboxylic acids is 1. The van der Waals surface area contributed by atoms with Gasteiger partial charge in [0.05, 0.1) is 11.6 Å². The molecule has 0 spiro atoms. The zero-order valence-electron chi connectivity index (χ0n) is 13.0. The summed E-state index contributed by atoms with van der Waals surface area (Å²) < 4.78 is 6.13. The summed E-state index contributed by atoms with van der Waals surface area (Å²) in [6, 6.07) is 13.6. The van der Waals surface area contributed by atoms with Gasteiger partial charge in [-0.15, -0.1) is 0 Å². The average molecular weight is 324 g/mol. The van der Waals surface area contributed by atoms with Gasteiger partial charge in [-0.05, 0) is 37.3 Å². The summed E-state index contributed by atoms with van der Waals surface area (Å²) in [6.07, 6.45) is 0.531. The van der Waals surface area contributed by atoms with E-state index in [-0.39, 0.29) is 17.6 Å². The van der Waals surface area contributed by atoms with Crippen LogP contribution in [0.1, 0.15) is 35.3 Å². The maximum Gasteiger partial charge on any atom is 0.335 e. The summed E-state index contributed by atoms with van der Waals surface area (Å²) in [6.45, 7) is 1.87. The van der Waals surface area contributed by atoms with E-state index in [4.69, 9.17) is 9.84 Å². The van der Waals surface area contributed by atoms with Crippen molar-refractivity contribution in [1.29, 1.82) is 0 Å². The van der Waals surface area contributed by atoms with Crippen molar-refractivity contribution >= 4 is 17.7 Å². The number of carboxylic acids is 1. The van der Waals surface area contributed by atoms with E-state index in [2.05, 4.69) is 5.32 Å². The Kier molecular flexibility index (Phi) is 3.03. The van der Waals surface area contributed by atoms with Gasteiger partial charge in [0.15, 0.2) is 5.72 Å². The molecule has 2 N–H and O–H groups in total. The summed E-state index contributed by atoms with van der Waals surface area (Å²) in [7, 11) is 0. The molecule has 122 valence electrons. The van der Waals surface area contributed by atoms with Gasteiger partial charge >= 0.3 is 12.0 Å². The molecule has 1 saturated heterocycles. The topological polar surface area (TPSA) is 78.9 Å². The summed E-state index contributed by atoms with van der Waals surface area (Å²) in [5.74, 6) is -0.404. The standard InChI is InChI=1S/C18H16N2O4/c1-18-10-14(13-9-11(16(21)22)7-8-15(13)24-18)19-17(23)20(18)12-5-3-2-4-6-12/h2-9,14H,10H2,1H3,(H,19,23)(H,21,22)/t14-,18+/m0/s1. The number of amides is 2. The summed E-state index contributed by atoms with van der Waals surface area (Å²) in [5.41, 5.74) is 0.808. The SMILES string of the molecule is C[C@@]12C[C@H](NC(=O)N1c1ccccc1)c1cc(C(=O)O)ccc1O2. The van der Waals surface area contributed by atoms with Crippen molar-refractivity contribution < 1.29 is 19.4 Å². The molecule has 0 aliphatic carbocycles. The fourth-order valence-electron chi connectivity index (χ4n) is 3.48. The Hall–Kier alpha value is -3.02. The van der Waals surface area contributed by atoms with Crippen molar-refractivity contribution in [1.82, 2.24) is 5.32 Å². The lowest BCUT2D eigenvalue weighted by Crippen LogP contribution is -2.65. The Labute approximate surface area is 138 Å². The molecule has 2 atom stereocenters. The van der Waals surface area contributed by atoms with Crippen molar-refractivity contribution in [3.63, 3.8) is 0 Å². The van der Waals surface area contributed by atoms with Crippen molar-refractivity contribution in [2.75, 3.05) is 4.90 Å². The molecule has 2 bridgehead atoms. The molecule has 0 aromatic heterocycles. The van der Waals surface area contributed by atoms with Crippen LogP contribution >= 0.6 is 0 Å². The second kappa shape index (κ2) is 4.99. The molecule has 2 aliphatic heterocycles. The van der Waals surface area contributed by atoms with Crippen LogP contribution in [0.25, 0.3) is 0 Å². The van der Waals surface area contributed by atoms with Gasteiger partial charge in [0.2, 0.25) is 0 Å². The van der Waals surface area contributed by atoms with Gasteiger partial charge < -0.3 is 15.2 Å². The number of benzene rings is 2. The number of fused-ring (bicyclic) bond motifs is 4. The monoisotopic (exact) mass is 324 g/mol. The van der Waals surface area contributed by atoms with E-state index < -0.39 is 11.7 Å². The lowest BCUT2D eigenvalue weighted by Gasteiger charge is -2.50. The Balaban J connectivity index is 1.79. The number of rotatable bonds is 2. The first-order valence-corrected chi connectivity index (χ1v) is 7.70. The lowest BCUT2D eigenvalue weighted by atomic mass is 9.89. The van der Waals surface area contributed by atoms with Gasteiger partial charge in [0.1, 0.15) is 5.75 Å². The van der Waals surface area contributed by atoms with Gasteiger partial charge in [0, 0.05) is 17.7 Å². The Morgan fingerprint density at radius 3 is 2.75 bits per heavy atom. The number of nitrogens with one attached hydrogen (secondary N) is 1. The number of hydrogen-bond donors (Lipinski definition) is 2. The van der Waals surface area contributed by atoms with Crippen LogP contribution in [0.2, 0.25) is 0 Å². The van der Waals surface area contributed by atoms with E-state index in [1.807, 2.05) is 37.3 Å². The molecule has 6 nitrogen and oxygen atoms in total. The summed E-state index contributed by atoms with van der Waals surface area (Å²) in [5, 5.41) is 12.1. The smallest absolute Gasteiger partial charge is 0.335 e. The summed E-state index contributed by atoms with van der Waals surface area (Å²) in [4.78, 5) is 25.5. The molecule has 2 aliphatic rings. The van der Waals surface area contributed by atoms with E-state index >= 15 is 0 Å². The van der Waals surface area contributed by atoms with Gasteiger partial charge in [0.25, 0.3) is 0 Å². The first-order valence-electron chi connectivity index (χ1n) is 7.70. The number of urea groups is 1. The van der Waals surface area contributed by atoms with Gasteiger partial charge in [-0.2, -0.15) is 0 Å². The predicted octanol–water partition coefficient (Wildman–Crippen LogP) is 3.15. The Morgan fingerprint density at radius 2 is 2.04 bits per heavy atom. The first kappa shape index (κ1) is 14.6. The minimum absolute atomic E-state index is 0.181. The van der Waals surface area contributed by atoms with Crippen LogP contribution in [-0.2, 0) is 0 Å². The molecule has 2 amide bonds. The van der Waals surface area contributed by atoms with Crippen LogP contribution in [0.3, 0.4) is 0 Å². The molecule has 24 heavy (non-hydrogen) atoms. The second-order valence-electron chi connectivity index (χ2n) is 6.21. The molecule has 0 radical (unpaired) electrons. The molecule has 2 aromatic rings. The predicted molar refractivity (Wildman–Crippen MR) is 87.2 cm³/mol. The quantitative estimate of drug-likeness (QED) is 0.889. The van der Waals surface area contributed by atoms with Crippen LogP contribution in [0.15, 0.2) is 48.5 Å². The highest BCUT2D eigenvalue weighted by Crippen LogP contribution is 2.45. The van der Waals surface area contributed by atoms with E-state index in [9.17, 15) is 9.59 Å². The van der Waals surface area contributed by atoms with Crippen molar-refractivity contribution in [2.24, 2.45) is 0 Å². The molecular formula is C18H16N2O4. The van der Waals surface area contributed by atoms with E-state index in [0.717, 1.165) is 5.69 Å². The Morgan fingerprint density at radius 1 is 1.29 bits per heavy atom. The normalized spacial score (nSPS) is 24.6. The molecule has 0 saturated carbocycles. The molecule has 1 fully saturated rings. The highest BCUT2D eigenvalue weighted by atomic mass is 16.5. The molecule has 4 rings (SSSR count). The van der Waals surface area contributed by atoms with Gasteiger partial charge in [-0.1, -0.05) is 18.2 Å². The first-order chi connectivity index (χ1) is 11.5. The number of anilines is 1. The molecule has 0 unspecified atom stereocenters. The molecule has 2 heterocycles. The van der Waals surface area contributed by atoms with Crippen LogP contribution in [0.4, 0.5) is 10.5 Å². The molecule has 6 heteroatoms. The Bertz CT molecular complexity index is 836. The van der Waals surface area contributed by atoms with E-state index in [0.29, 0.717) is 17.7 Å². The number of nitrogens with zero attached hydrogens (tertiary/aromatic N) is 1. The number of carboxylic acid groups (broad SMARTS) is 1. The minimum atomic E-state index is -1.00. The van der Waals surface area contributed by atoms with Crippen LogP contribution in [-0.4, -0.2) is 22.8 Å². The third-order valence-electron chi connectivity index (χ3n) is 4.53. The van der Waals surface area contributed by atoms with Gasteiger partial charge in [-0.25, -0.2) is 9.59 Å². The zero-order valence-corrected chi connectivity index (χ0v) is 13.0. The van der Waals surface area contributed by atoms with Crippen LogP contribution in [0, 0.1) is 0 Å². The highest BCUT2D eigenvalue weighted by Gasteiger charge is 2.49. The fourth-order valence-corrected chi connectivity index (χ4v) is 3.48. The number of ether oxygens (including phenoxy) is 1. The van der Waals surface area contributed by atoms with Crippen molar-refractivity contribution in [3.8, 4) is 5.75 Å². The number of para-hydroxylation sites is 1. The molecular weight excluding hydrogens is 308 g/mol. The lowest BCUT2D eigenvalue weighted by molar-refractivity contribution is 0.0378.